The standard InChI is InChI=1S/C11H14NO2PS/c13-11(14-7-15)9-6-16-10(12-9)8-4-2-1-3-5-8/h1-5,9-10,12H,6-7,15H2. The fourth-order valence-corrected chi connectivity index (χ4v) is 3.00. The Balaban J connectivity index is 1.96. The van der Waals surface area contributed by atoms with Crippen molar-refractivity contribution in [1.29, 1.82) is 0 Å². The van der Waals surface area contributed by atoms with Gasteiger partial charge in [0.15, 0.2) is 0 Å². The lowest BCUT2D eigenvalue weighted by Crippen LogP contribution is -2.35. The smallest absolute Gasteiger partial charge is 0.324 e. The van der Waals surface area contributed by atoms with E-state index in [1.54, 1.807) is 11.8 Å². The summed E-state index contributed by atoms with van der Waals surface area (Å²) >= 11 is 1.74. The zero-order chi connectivity index (χ0) is 11.4. The molecule has 1 saturated heterocycles. The van der Waals surface area contributed by atoms with Crippen LogP contribution in [0.4, 0.5) is 0 Å². The predicted molar refractivity (Wildman–Crippen MR) is 69.2 cm³/mol. The average molecular weight is 255 g/mol. The maximum Gasteiger partial charge on any atom is 0.324 e. The molecule has 86 valence electrons. The number of esters is 1. The molecule has 1 N–H and O–H groups in total. The second-order valence-electron chi connectivity index (χ2n) is 3.47. The predicted octanol–water partition coefficient (Wildman–Crippen LogP) is 1.77. The number of nitrogens with one attached hydrogen (secondary N) is 1. The van der Waals surface area contributed by atoms with Gasteiger partial charge in [-0.2, -0.15) is 0 Å². The molecule has 1 aliphatic heterocycles. The van der Waals surface area contributed by atoms with Gasteiger partial charge in [0.1, 0.15) is 12.4 Å². The Bertz CT molecular complexity index is 360. The number of carbonyl (C=O) groups is 1. The highest BCUT2D eigenvalue weighted by Crippen LogP contribution is 2.32. The first-order valence-corrected chi connectivity index (χ1v) is 6.97. The monoisotopic (exact) mass is 255 g/mol. The Morgan fingerprint density at radius 1 is 1.50 bits per heavy atom. The maximum atomic E-state index is 11.5. The van der Waals surface area contributed by atoms with E-state index >= 15 is 0 Å². The first-order chi connectivity index (χ1) is 7.81. The van der Waals surface area contributed by atoms with Crippen LogP contribution in [0.15, 0.2) is 30.3 Å². The minimum Gasteiger partial charge on any atom is -0.460 e. The van der Waals surface area contributed by atoms with Gasteiger partial charge in [0.25, 0.3) is 0 Å². The van der Waals surface area contributed by atoms with Gasteiger partial charge in [-0.3, -0.25) is 10.1 Å². The number of rotatable bonds is 3. The van der Waals surface area contributed by atoms with Crippen molar-refractivity contribution in [2.75, 3.05) is 12.1 Å². The molecule has 0 amide bonds. The normalized spacial score (nSPS) is 24.3. The Morgan fingerprint density at radius 3 is 2.94 bits per heavy atom. The van der Waals surface area contributed by atoms with Crippen molar-refractivity contribution in [2.24, 2.45) is 0 Å². The van der Waals surface area contributed by atoms with Crippen molar-refractivity contribution in [3.8, 4) is 0 Å². The molecule has 16 heavy (non-hydrogen) atoms. The third kappa shape index (κ3) is 2.76. The van der Waals surface area contributed by atoms with Crippen molar-refractivity contribution in [3.05, 3.63) is 35.9 Å². The quantitative estimate of drug-likeness (QED) is 0.660. The van der Waals surface area contributed by atoms with Crippen LogP contribution in [0.25, 0.3) is 0 Å². The highest BCUT2D eigenvalue weighted by Gasteiger charge is 2.31. The number of hydrogen-bond acceptors (Lipinski definition) is 4. The van der Waals surface area contributed by atoms with Crippen LogP contribution in [-0.4, -0.2) is 24.1 Å². The molecular formula is C11H14NO2PS. The van der Waals surface area contributed by atoms with Gasteiger partial charge >= 0.3 is 5.97 Å². The van der Waals surface area contributed by atoms with Crippen LogP contribution >= 0.6 is 21.0 Å². The van der Waals surface area contributed by atoms with Crippen LogP contribution in [0.2, 0.25) is 0 Å². The van der Waals surface area contributed by atoms with Gasteiger partial charge in [0, 0.05) is 5.75 Å². The van der Waals surface area contributed by atoms with Gasteiger partial charge in [-0.15, -0.1) is 11.8 Å². The Morgan fingerprint density at radius 2 is 2.25 bits per heavy atom. The summed E-state index contributed by atoms with van der Waals surface area (Å²) in [6.07, 6.45) is 0.359. The molecule has 0 radical (unpaired) electrons. The summed E-state index contributed by atoms with van der Waals surface area (Å²) in [7, 11) is 2.38. The molecule has 3 unspecified atom stereocenters. The number of hydrogen-bond donors (Lipinski definition) is 1. The molecule has 5 heteroatoms. The molecule has 3 nitrogen and oxygen atoms in total. The molecule has 1 aromatic carbocycles. The lowest BCUT2D eigenvalue weighted by molar-refractivity contribution is -0.143. The highest BCUT2D eigenvalue weighted by atomic mass is 32.2. The van der Waals surface area contributed by atoms with Gasteiger partial charge in [0.2, 0.25) is 0 Å². The zero-order valence-electron chi connectivity index (χ0n) is 8.76. The van der Waals surface area contributed by atoms with Crippen molar-refractivity contribution in [3.63, 3.8) is 0 Å². The van der Waals surface area contributed by atoms with Gasteiger partial charge < -0.3 is 4.74 Å². The fourth-order valence-electron chi connectivity index (χ4n) is 1.61. The second-order valence-corrected chi connectivity index (χ2v) is 4.94. The number of ether oxygens (including phenoxy) is 1. The van der Waals surface area contributed by atoms with Crippen molar-refractivity contribution < 1.29 is 9.53 Å². The van der Waals surface area contributed by atoms with Gasteiger partial charge in [-0.05, 0) is 5.56 Å². The van der Waals surface area contributed by atoms with Crippen molar-refractivity contribution >= 4 is 27.0 Å². The minimum atomic E-state index is -0.184. The van der Waals surface area contributed by atoms with Crippen LogP contribution in [0.1, 0.15) is 10.9 Å². The summed E-state index contributed by atoms with van der Waals surface area (Å²) < 4.78 is 4.96. The van der Waals surface area contributed by atoms with Gasteiger partial charge in [0.05, 0.1) is 5.37 Å². The topological polar surface area (TPSA) is 38.3 Å². The fraction of sp³-hybridized carbons (Fsp3) is 0.364. The Labute approximate surface area is 102 Å². The Hall–Kier alpha value is -0.570. The molecule has 0 saturated carbocycles. The summed E-state index contributed by atoms with van der Waals surface area (Å²) in [4.78, 5) is 11.5. The number of thioether (sulfide) groups is 1. The third-order valence-electron chi connectivity index (χ3n) is 2.39. The molecule has 1 heterocycles. The molecule has 1 fully saturated rings. The van der Waals surface area contributed by atoms with Crippen LogP contribution in [-0.2, 0) is 9.53 Å². The highest BCUT2D eigenvalue weighted by molar-refractivity contribution is 7.99. The SMILES string of the molecule is O=C(OCP)C1CSC(c2ccccc2)N1. The molecule has 0 spiro atoms. The summed E-state index contributed by atoms with van der Waals surface area (Å²) in [5.41, 5.74) is 1.20. The van der Waals surface area contributed by atoms with E-state index in [0.717, 1.165) is 5.75 Å². The van der Waals surface area contributed by atoms with Crippen molar-refractivity contribution in [2.45, 2.75) is 11.4 Å². The molecule has 2 rings (SSSR count). The van der Waals surface area contributed by atoms with E-state index in [0.29, 0.717) is 6.35 Å². The summed E-state index contributed by atoms with van der Waals surface area (Å²) in [6.45, 7) is 0. The molecule has 0 aliphatic carbocycles. The molecule has 0 bridgehead atoms. The lowest BCUT2D eigenvalue weighted by Gasteiger charge is -2.12. The van der Waals surface area contributed by atoms with E-state index in [4.69, 9.17) is 4.74 Å². The van der Waals surface area contributed by atoms with Crippen LogP contribution in [0, 0.1) is 0 Å². The van der Waals surface area contributed by atoms with E-state index in [-0.39, 0.29) is 17.4 Å². The maximum absolute atomic E-state index is 11.5. The van der Waals surface area contributed by atoms with Crippen LogP contribution in [0.5, 0.6) is 0 Å². The van der Waals surface area contributed by atoms with E-state index in [9.17, 15) is 4.79 Å². The van der Waals surface area contributed by atoms with Gasteiger partial charge in [-0.1, -0.05) is 39.6 Å². The first-order valence-electron chi connectivity index (χ1n) is 5.10. The van der Waals surface area contributed by atoms with E-state index in [2.05, 4.69) is 26.7 Å². The molecule has 1 aromatic rings. The third-order valence-corrected chi connectivity index (χ3v) is 3.83. The zero-order valence-corrected chi connectivity index (χ0v) is 10.7. The van der Waals surface area contributed by atoms with Crippen molar-refractivity contribution in [1.82, 2.24) is 5.32 Å². The lowest BCUT2D eigenvalue weighted by atomic mass is 10.2. The summed E-state index contributed by atoms with van der Waals surface area (Å²) in [6, 6.07) is 9.94. The van der Waals surface area contributed by atoms with Crippen LogP contribution in [0.3, 0.4) is 0 Å². The molecular weight excluding hydrogens is 241 g/mol. The minimum absolute atomic E-state index is 0.166. The molecule has 1 aliphatic rings. The van der Waals surface area contributed by atoms with Gasteiger partial charge in [-0.25, -0.2) is 0 Å². The summed E-state index contributed by atoms with van der Waals surface area (Å²) in [5.74, 6) is 0.601. The average Bonchev–Trinajstić information content (AvgIpc) is 2.80. The Kier molecular flexibility index (Phi) is 4.22. The van der Waals surface area contributed by atoms with E-state index in [1.165, 1.54) is 5.56 Å². The largest absolute Gasteiger partial charge is 0.460 e. The number of carbonyl (C=O) groups excluding carboxylic acids is 1. The first kappa shape index (κ1) is 11.9. The molecule has 3 atom stereocenters. The second kappa shape index (κ2) is 5.67. The van der Waals surface area contributed by atoms with E-state index in [1.807, 2.05) is 18.2 Å². The number of benzene rings is 1. The van der Waals surface area contributed by atoms with E-state index < -0.39 is 0 Å². The van der Waals surface area contributed by atoms with Crippen LogP contribution < -0.4 is 5.32 Å². The molecule has 0 aromatic heterocycles. The summed E-state index contributed by atoms with van der Waals surface area (Å²) in [5, 5.41) is 3.47.